The van der Waals surface area contributed by atoms with Crippen molar-refractivity contribution in [3.05, 3.63) is 132 Å². The Labute approximate surface area is 272 Å². The summed E-state index contributed by atoms with van der Waals surface area (Å²) in [6, 6.07) is 27.6. The van der Waals surface area contributed by atoms with Crippen LogP contribution in [0.4, 0.5) is 0 Å². The maximum Gasteiger partial charge on any atom is 0.163 e. The third-order valence-electron chi connectivity index (χ3n) is 6.99. The summed E-state index contributed by atoms with van der Waals surface area (Å²) >= 11 is 0. The second-order valence-corrected chi connectivity index (χ2v) is 9.92. The van der Waals surface area contributed by atoms with Crippen molar-refractivity contribution >= 4 is 10.9 Å². The molecule has 0 aliphatic carbocycles. The van der Waals surface area contributed by atoms with E-state index < -0.39 is 56.0 Å². The number of ether oxygens (including phenoxy) is 1. The van der Waals surface area contributed by atoms with Crippen LogP contribution in [-0.4, -0.2) is 29.7 Å². The first kappa shape index (κ1) is 16.8. The van der Waals surface area contributed by atoms with Gasteiger partial charge in [0.1, 0.15) is 23.1 Å². The average Bonchev–Trinajstić information content (AvgIpc) is 3.57. The van der Waals surface area contributed by atoms with Gasteiger partial charge < -0.3 is 4.74 Å². The number of aromatic nitrogens is 6. The minimum Gasteiger partial charge on any atom is -0.457 e. The summed E-state index contributed by atoms with van der Waals surface area (Å²) in [7, 11) is 0. The Kier molecular flexibility index (Phi) is 4.28. The third kappa shape index (κ3) is 5.31. The Morgan fingerprint density at radius 1 is 0.659 bits per heavy atom. The van der Waals surface area contributed by atoms with E-state index in [0.717, 1.165) is 28.7 Å². The smallest absolute Gasteiger partial charge is 0.163 e. The molecule has 0 fully saturated rings. The van der Waals surface area contributed by atoms with Gasteiger partial charge in [-0.15, -0.1) is 0 Å². The Hall–Kier alpha value is -5.69. The number of nitrogens with zero attached hydrogens (tertiary/aromatic N) is 6. The van der Waals surface area contributed by atoms with Gasteiger partial charge in [0.05, 0.1) is 23.1 Å². The van der Waals surface area contributed by atoms with Crippen LogP contribution in [0.2, 0.25) is 0 Å². The van der Waals surface area contributed by atoms with Crippen LogP contribution in [0.25, 0.3) is 50.4 Å². The van der Waals surface area contributed by atoms with E-state index in [4.69, 9.17) is 21.2 Å². The highest BCUT2D eigenvalue weighted by Crippen LogP contribution is 2.34. The summed E-state index contributed by atoms with van der Waals surface area (Å²) in [6.07, 6.45) is 3.21. The van der Waals surface area contributed by atoms with Crippen molar-refractivity contribution in [2.45, 2.75) is 27.4 Å². The number of para-hydroxylation sites is 1. The molecule has 0 bridgehead atoms. The average molecular weight is 587 g/mol. The number of aryl methyl sites for hydroxylation is 4. The van der Waals surface area contributed by atoms with Gasteiger partial charge in [-0.1, -0.05) is 36.4 Å². The van der Waals surface area contributed by atoms with Gasteiger partial charge in [-0.3, -0.25) is 4.98 Å². The van der Waals surface area contributed by atoms with E-state index in [9.17, 15) is 0 Å². The Bertz CT molecular complexity index is 2530. The molecule has 7 heteroatoms. The minimum absolute atomic E-state index is 0.131. The highest BCUT2D eigenvalue weighted by molar-refractivity contribution is 5.80. The topological polar surface area (TPSA) is 78.6 Å². The molecule has 44 heavy (non-hydrogen) atoms. The van der Waals surface area contributed by atoms with E-state index in [0.29, 0.717) is 22.8 Å². The zero-order valence-corrected chi connectivity index (χ0v) is 23.0. The second kappa shape index (κ2) is 11.2. The third-order valence-corrected chi connectivity index (χ3v) is 6.99. The Balaban J connectivity index is 1.29. The zero-order chi connectivity index (χ0) is 40.2. The lowest BCUT2D eigenvalue weighted by Crippen LogP contribution is -2.00. The van der Waals surface area contributed by atoms with Crippen molar-refractivity contribution in [2.24, 2.45) is 0 Å². The molecule has 4 aromatic carbocycles. The summed E-state index contributed by atoms with van der Waals surface area (Å²) in [5.41, 5.74) is 1.74. The van der Waals surface area contributed by atoms with E-state index in [1.54, 1.807) is 36.5 Å². The summed E-state index contributed by atoms with van der Waals surface area (Å²) in [4.78, 5) is 16.0. The van der Waals surface area contributed by atoms with Crippen LogP contribution < -0.4 is 4.74 Å². The van der Waals surface area contributed by atoms with Crippen molar-refractivity contribution in [1.82, 2.24) is 29.7 Å². The summed E-state index contributed by atoms with van der Waals surface area (Å²) in [5, 5.41) is 5.51. The molecular formula is C37H30N6O. The predicted octanol–water partition coefficient (Wildman–Crippen LogP) is 8.63. The van der Waals surface area contributed by atoms with E-state index in [1.807, 2.05) is 53.2 Å². The van der Waals surface area contributed by atoms with Crippen LogP contribution in [0.5, 0.6) is 11.5 Å². The minimum atomic E-state index is -2.95. The van der Waals surface area contributed by atoms with E-state index in [2.05, 4.69) is 25.0 Å². The van der Waals surface area contributed by atoms with Crippen molar-refractivity contribution < 1.29 is 21.2 Å². The molecule has 0 aliphatic heterocycles. The van der Waals surface area contributed by atoms with Crippen molar-refractivity contribution in [2.75, 3.05) is 0 Å². The molecule has 0 radical (unpaired) electrons. The van der Waals surface area contributed by atoms with Gasteiger partial charge >= 0.3 is 0 Å². The molecule has 0 amide bonds. The number of pyridine rings is 1. The molecule has 0 saturated carbocycles. The fourth-order valence-corrected chi connectivity index (χ4v) is 5.04. The normalized spacial score (nSPS) is 16.4. The molecular weight excluding hydrogens is 544 g/mol. The first-order chi connectivity index (χ1) is 26.3. The predicted molar refractivity (Wildman–Crippen MR) is 174 cm³/mol. The maximum absolute atomic E-state index is 8.44. The van der Waals surface area contributed by atoms with Crippen molar-refractivity contribution in [1.29, 1.82) is 0 Å². The quantitative estimate of drug-likeness (QED) is 0.194. The van der Waals surface area contributed by atoms with Crippen LogP contribution in [0.3, 0.4) is 0 Å². The molecule has 214 valence electrons. The number of hydrogen-bond acceptors (Lipinski definition) is 6. The zero-order valence-electron chi connectivity index (χ0n) is 35.0. The van der Waals surface area contributed by atoms with Gasteiger partial charge in [-0.2, -0.15) is 5.10 Å². The highest BCUT2D eigenvalue weighted by Gasteiger charge is 2.13. The summed E-state index contributed by atoms with van der Waals surface area (Å²) < 4.78 is 105. The van der Waals surface area contributed by atoms with E-state index in [1.165, 1.54) is 12.3 Å². The van der Waals surface area contributed by atoms with Gasteiger partial charge in [0, 0.05) is 45.2 Å². The van der Waals surface area contributed by atoms with Crippen molar-refractivity contribution in [3.63, 3.8) is 0 Å². The lowest BCUT2D eigenvalue weighted by atomic mass is 9.93. The molecule has 0 N–H and O–H groups in total. The van der Waals surface area contributed by atoms with Gasteiger partial charge in [-0.05, 0) is 104 Å². The summed E-state index contributed by atoms with van der Waals surface area (Å²) in [5.74, 6) is -1.17. The van der Waals surface area contributed by atoms with Crippen LogP contribution in [-0.2, 0) is 0 Å². The largest absolute Gasteiger partial charge is 0.457 e. The Morgan fingerprint density at radius 2 is 1.43 bits per heavy atom. The molecule has 7 aromatic rings. The van der Waals surface area contributed by atoms with Crippen LogP contribution in [0.15, 0.2) is 109 Å². The molecule has 3 heterocycles. The van der Waals surface area contributed by atoms with Gasteiger partial charge in [0.25, 0.3) is 0 Å². The lowest BCUT2D eigenvalue weighted by Gasteiger charge is -2.14. The maximum atomic E-state index is 8.44. The summed E-state index contributed by atoms with van der Waals surface area (Å²) in [6.45, 7) is -11.7. The van der Waals surface area contributed by atoms with Crippen molar-refractivity contribution in [3.8, 4) is 51.0 Å². The number of rotatable bonds is 6. The van der Waals surface area contributed by atoms with Crippen LogP contribution in [0.1, 0.15) is 39.2 Å². The first-order valence-corrected chi connectivity index (χ1v) is 13.5. The number of hydrogen-bond donors (Lipinski definition) is 0. The van der Waals surface area contributed by atoms with Gasteiger partial charge in [-0.25, -0.2) is 19.6 Å². The van der Waals surface area contributed by atoms with E-state index in [-0.39, 0.29) is 16.7 Å². The fourth-order valence-electron chi connectivity index (χ4n) is 5.04. The number of fused-ring (bicyclic) bond motifs is 1. The Morgan fingerprint density at radius 3 is 2.23 bits per heavy atom. The van der Waals surface area contributed by atoms with Crippen LogP contribution in [0, 0.1) is 27.4 Å². The first-order valence-electron chi connectivity index (χ1n) is 19.5. The lowest BCUT2D eigenvalue weighted by molar-refractivity contribution is 0.482. The molecule has 0 spiro atoms. The monoisotopic (exact) mass is 586 g/mol. The van der Waals surface area contributed by atoms with Crippen LogP contribution >= 0.6 is 0 Å². The molecule has 0 saturated heterocycles. The van der Waals surface area contributed by atoms with Gasteiger partial charge in [0.15, 0.2) is 5.82 Å². The molecule has 7 nitrogen and oxygen atoms in total. The fraction of sp³-hybridized carbons (Fsp3) is 0.108. The molecule has 3 aromatic heterocycles. The molecule has 7 rings (SSSR count). The molecule has 0 atom stereocenters. The standard InChI is InChI=1S/C37H30N6O/c1-23-17-30(37-41-25(3)40-26(4)42-37)18-24(2)36(23)28-15-16-38-34(20-28)27-10-7-12-32(19-27)44-33-13-8-11-31(21-33)43-35-14-6-5-9-29(35)22-39-43/h5-22H,1-4H3/i1D3,2D3,3D3,4D3. The second-order valence-electron chi connectivity index (χ2n) is 9.92. The van der Waals surface area contributed by atoms with Gasteiger partial charge in [0.2, 0.25) is 0 Å². The molecule has 0 unspecified atom stereocenters. The highest BCUT2D eigenvalue weighted by atomic mass is 16.5. The van der Waals surface area contributed by atoms with E-state index >= 15 is 0 Å². The SMILES string of the molecule is [2H]C([2H])([2H])c1nc(-c2cc(C([2H])([2H])[2H])c(-c3ccnc(-c4cccc(Oc5cccc(-n6ncc7ccccc76)c5)c4)c3)c(C([2H])([2H])[2H])c2)nc(C([2H])([2H])[2H])n1. The molecule has 0 aliphatic rings. The number of benzene rings is 4.